The lowest BCUT2D eigenvalue weighted by Crippen LogP contribution is -2.50. The van der Waals surface area contributed by atoms with Gasteiger partial charge in [-0.05, 0) is 69.4 Å². The molecule has 1 amide bonds. The second-order valence-corrected chi connectivity index (χ2v) is 9.90. The van der Waals surface area contributed by atoms with Gasteiger partial charge in [-0.25, -0.2) is 14.6 Å². The molecule has 0 fully saturated rings. The number of aromatic nitrogens is 1. The molecule has 2 rings (SSSR count). The van der Waals surface area contributed by atoms with Crippen LogP contribution in [-0.2, 0) is 19.1 Å². The van der Waals surface area contributed by atoms with Crippen LogP contribution in [0.15, 0.2) is 41.8 Å². The Morgan fingerprint density at radius 3 is 2.50 bits per heavy atom. The van der Waals surface area contributed by atoms with Gasteiger partial charge in [0.1, 0.15) is 28.5 Å². The molecule has 1 aliphatic rings. The van der Waals surface area contributed by atoms with Gasteiger partial charge in [0.25, 0.3) is 0 Å². The quantitative estimate of drug-likeness (QED) is 0.290. The first-order chi connectivity index (χ1) is 15.7. The molecule has 0 radical (unpaired) electrons. The average Bonchev–Trinajstić information content (AvgIpc) is 2.71. The van der Waals surface area contributed by atoms with Gasteiger partial charge in [-0.2, -0.15) is 0 Å². The van der Waals surface area contributed by atoms with E-state index in [1.807, 2.05) is 19.8 Å². The zero-order valence-electron chi connectivity index (χ0n) is 20.5. The standard InChI is InChI=1S/C25H33N3O6/c1-15(2)13-25(6,22(30)34-24(3,4)5)21(26)33-19-8-7-16(11-18(19)14-29)17-9-10-27-20(12-17)28-23(31)32/h7-10,12,15,21H,11,13,26H2,1-6H3,(H,27,28)(H,31,32). The van der Waals surface area contributed by atoms with E-state index in [0.717, 1.165) is 5.57 Å². The van der Waals surface area contributed by atoms with Crippen LogP contribution < -0.4 is 11.1 Å². The lowest BCUT2D eigenvalue weighted by atomic mass is 9.80. The molecule has 9 nitrogen and oxygen atoms in total. The SMILES string of the molecule is CC(C)CC(C)(C(=O)OC(C)(C)C)C(N)OC1=CC=C(c2ccnc(NC(=O)O)c2)CC1=C=O. The zero-order valence-corrected chi connectivity index (χ0v) is 20.5. The number of carboxylic acid groups (broad SMARTS) is 1. The number of hydrogen-bond donors (Lipinski definition) is 3. The highest BCUT2D eigenvalue weighted by Crippen LogP contribution is 2.37. The van der Waals surface area contributed by atoms with Crippen molar-refractivity contribution in [2.75, 3.05) is 5.32 Å². The fourth-order valence-corrected chi connectivity index (χ4v) is 3.64. The smallest absolute Gasteiger partial charge is 0.410 e. The van der Waals surface area contributed by atoms with E-state index < -0.39 is 29.3 Å². The summed E-state index contributed by atoms with van der Waals surface area (Å²) in [5.41, 5.74) is 6.20. The molecule has 0 saturated heterocycles. The highest BCUT2D eigenvalue weighted by Gasteiger charge is 2.45. The number of anilines is 1. The molecule has 1 heterocycles. The molecular formula is C25H33N3O6. The van der Waals surface area contributed by atoms with Crippen molar-refractivity contribution in [2.24, 2.45) is 17.1 Å². The van der Waals surface area contributed by atoms with Crippen molar-refractivity contribution >= 4 is 29.4 Å². The summed E-state index contributed by atoms with van der Waals surface area (Å²) in [4.78, 5) is 39.6. The van der Waals surface area contributed by atoms with Crippen molar-refractivity contribution in [2.45, 2.75) is 66.2 Å². The second-order valence-electron chi connectivity index (χ2n) is 9.90. The lowest BCUT2D eigenvalue weighted by Gasteiger charge is -2.37. The Labute approximate surface area is 199 Å². The summed E-state index contributed by atoms with van der Waals surface area (Å²) >= 11 is 0. The van der Waals surface area contributed by atoms with Crippen molar-refractivity contribution in [3.05, 3.63) is 47.4 Å². The maximum atomic E-state index is 13.0. The minimum Gasteiger partial charge on any atom is -0.473 e. The number of amides is 1. The highest BCUT2D eigenvalue weighted by atomic mass is 16.6. The molecule has 0 saturated carbocycles. The van der Waals surface area contributed by atoms with Gasteiger partial charge in [0.05, 0.1) is 5.57 Å². The third kappa shape index (κ3) is 7.04. The van der Waals surface area contributed by atoms with Crippen molar-refractivity contribution in [1.29, 1.82) is 0 Å². The summed E-state index contributed by atoms with van der Waals surface area (Å²) in [6, 6.07) is 3.27. The Balaban J connectivity index is 2.32. The first-order valence-electron chi connectivity index (χ1n) is 11.0. The number of nitrogens with zero attached hydrogens (tertiary/aromatic N) is 1. The number of carbonyl (C=O) groups is 2. The molecule has 34 heavy (non-hydrogen) atoms. The van der Waals surface area contributed by atoms with E-state index in [9.17, 15) is 14.4 Å². The maximum absolute atomic E-state index is 13.0. The number of nitrogens with two attached hydrogens (primary N) is 1. The molecule has 9 heteroatoms. The predicted octanol–water partition coefficient (Wildman–Crippen LogP) is 4.30. The number of esters is 1. The van der Waals surface area contributed by atoms with Gasteiger partial charge in [0.15, 0.2) is 6.23 Å². The van der Waals surface area contributed by atoms with Crippen molar-refractivity contribution < 1.29 is 29.0 Å². The van der Waals surface area contributed by atoms with E-state index >= 15 is 0 Å². The largest absolute Gasteiger partial charge is 0.473 e. The first-order valence-corrected chi connectivity index (χ1v) is 11.0. The molecule has 4 N–H and O–H groups in total. The predicted molar refractivity (Wildman–Crippen MR) is 128 cm³/mol. The number of ether oxygens (including phenoxy) is 2. The van der Waals surface area contributed by atoms with Crippen molar-refractivity contribution in [3.8, 4) is 0 Å². The van der Waals surface area contributed by atoms with Gasteiger partial charge >= 0.3 is 12.1 Å². The van der Waals surface area contributed by atoms with Crippen LogP contribution in [-0.4, -0.2) is 39.9 Å². The molecule has 1 aromatic heterocycles. The molecule has 0 aromatic carbocycles. The van der Waals surface area contributed by atoms with Gasteiger partial charge in [-0.1, -0.05) is 19.9 Å². The third-order valence-electron chi connectivity index (χ3n) is 5.17. The molecule has 2 unspecified atom stereocenters. The van der Waals surface area contributed by atoms with Crippen LogP contribution in [0.2, 0.25) is 0 Å². The van der Waals surface area contributed by atoms with Crippen LogP contribution >= 0.6 is 0 Å². The van der Waals surface area contributed by atoms with Crippen molar-refractivity contribution in [3.63, 3.8) is 0 Å². The number of hydrogen-bond acceptors (Lipinski definition) is 7. The molecule has 1 aromatic rings. The van der Waals surface area contributed by atoms with Gasteiger partial charge in [0.2, 0.25) is 0 Å². The summed E-state index contributed by atoms with van der Waals surface area (Å²) in [7, 11) is 0. The maximum Gasteiger partial charge on any atom is 0.410 e. The summed E-state index contributed by atoms with van der Waals surface area (Å²) < 4.78 is 11.6. The van der Waals surface area contributed by atoms with E-state index in [1.54, 1.807) is 52.0 Å². The number of pyridine rings is 1. The van der Waals surface area contributed by atoms with Crippen LogP contribution in [0, 0.1) is 11.3 Å². The molecule has 0 spiro atoms. The summed E-state index contributed by atoms with van der Waals surface area (Å²) in [5.74, 6) is 1.96. The molecule has 1 aliphatic carbocycles. The first kappa shape index (κ1) is 26.8. The number of rotatable bonds is 8. The topological polar surface area (TPSA) is 141 Å². The van der Waals surface area contributed by atoms with E-state index in [2.05, 4.69) is 10.3 Å². The van der Waals surface area contributed by atoms with E-state index in [0.29, 0.717) is 12.0 Å². The molecule has 2 atom stereocenters. The number of allylic oxidation sites excluding steroid dienone is 4. The molecular weight excluding hydrogens is 438 g/mol. The Kier molecular flexibility index (Phi) is 8.42. The summed E-state index contributed by atoms with van der Waals surface area (Å²) in [5, 5.41) is 11.1. The van der Waals surface area contributed by atoms with E-state index in [1.165, 1.54) is 6.20 Å². The average molecular weight is 472 g/mol. The molecule has 184 valence electrons. The fraction of sp³-hybridized carbons (Fsp3) is 0.480. The normalized spacial score (nSPS) is 16.5. The van der Waals surface area contributed by atoms with Crippen LogP contribution in [0.1, 0.15) is 59.9 Å². The van der Waals surface area contributed by atoms with Gasteiger partial charge in [-0.15, -0.1) is 0 Å². The zero-order chi connectivity index (χ0) is 25.7. The van der Waals surface area contributed by atoms with Crippen LogP contribution in [0.4, 0.5) is 10.6 Å². The van der Waals surface area contributed by atoms with Crippen molar-refractivity contribution in [1.82, 2.24) is 4.98 Å². The van der Waals surface area contributed by atoms with Gasteiger partial charge in [-0.3, -0.25) is 15.8 Å². The Bertz CT molecular complexity index is 1050. The Hall–Kier alpha value is -3.42. The van der Waals surface area contributed by atoms with E-state index in [4.69, 9.17) is 20.3 Å². The molecule has 0 aliphatic heterocycles. The Morgan fingerprint density at radius 2 is 1.94 bits per heavy atom. The van der Waals surface area contributed by atoms with Gasteiger partial charge < -0.3 is 14.6 Å². The highest BCUT2D eigenvalue weighted by molar-refractivity contribution is 5.83. The van der Waals surface area contributed by atoms with Crippen LogP contribution in [0.25, 0.3) is 5.57 Å². The molecule has 0 bridgehead atoms. The Morgan fingerprint density at radius 1 is 1.26 bits per heavy atom. The summed E-state index contributed by atoms with van der Waals surface area (Å²) in [6.45, 7) is 11.0. The van der Waals surface area contributed by atoms with E-state index in [-0.39, 0.29) is 29.5 Å². The van der Waals surface area contributed by atoms with Gasteiger partial charge in [0, 0.05) is 12.6 Å². The van der Waals surface area contributed by atoms with Crippen LogP contribution in [0.5, 0.6) is 0 Å². The fourth-order valence-electron chi connectivity index (χ4n) is 3.64. The summed E-state index contributed by atoms with van der Waals surface area (Å²) in [6.07, 6.45) is 3.12. The lowest BCUT2D eigenvalue weighted by molar-refractivity contribution is -0.176. The third-order valence-corrected chi connectivity index (χ3v) is 5.17. The minimum absolute atomic E-state index is 0.139. The second kappa shape index (κ2) is 10.7. The number of nitrogens with one attached hydrogen (secondary N) is 1. The number of carbonyl (C=O) groups excluding carboxylic acids is 2. The van der Waals surface area contributed by atoms with Crippen LogP contribution in [0.3, 0.4) is 0 Å². The monoisotopic (exact) mass is 471 g/mol. The minimum atomic E-state index is -1.23.